The van der Waals surface area contributed by atoms with Crippen molar-refractivity contribution < 1.29 is 14.6 Å². The molecule has 0 spiro atoms. The maximum absolute atomic E-state index is 14.3. The summed E-state index contributed by atoms with van der Waals surface area (Å²) in [5.41, 5.74) is 2.89. The lowest BCUT2D eigenvalue weighted by atomic mass is 9.45. The molecule has 1 saturated heterocycles. The number of aliphatic hydroxyl groups excluding tert-OH is 2. The molecule has 10 heteroatoms. The summed E-state index contributed by atoms with van der Waals surface area (Å²) in [6.45, 7) is 9.95. The first kappa shape index (κ1) is 29.7. The normalized spacial score (nSPS) is 28.5. The van der Waals surface area contributed by atoms with E-state index in [0.717, 1.165) is 17.7 Å². The van der Waals surface area contributed by atoms with Crippen molar-refractivity contribution in [3.05, 3.63) is 70.0 Å². The fraction of sp³-hybridized carbons (Fsp3) is 0.545. The van der Waals surface area contributed by atoms with Crippen molar-refractivity contribution in [2.75, 3.05) is 25.0 Å². The summed E-state index contributed by atoms with van der Waals surface area (Å²) in [7, 11) is 0. The Morgan fingerprint density at radius 1 is 1.21 bits per heavy atom. The lowest BCUT2D eigenvalue weighted by molar-refractivity contribution is -0.108. The number of benzene rings is 2. The number of aliphatic imine (C=N–C) groups is 1. The number of piperazine rings is 1. The predicted molar refractivity (Wildman–Crippen MR) is 166 cm³/mol. The molecule has 9 nitrogen and oxygen atoms in total. The van der Waals surface area contributed by atoms with Crippen molar-refractivity contribution >= 4 is 22.5 Å². The summed E-state index contributed by atoms with van der Waals surface area (Å²) in [4.78, 5) is 25.1. The zero-order chi connectivity index (χ0) is 30.5. The van der Waals surface area contributed by atoms with Gasteiger partial charge in [-0.1, -0.05) is 32.9 Å². The van der Waals surface area contributed by atoms with Crippen LogP contribution in [0.1, 0.15) is 44.7 Å². The number of halogens is 1. The van der Waals surface area contributed by atoms with E-state index in [2.05, 4.69) is 36.4 Å². The van der Waals surface area contributed by atoms with Gasteiger partial charge in [-0.15, -0.1) is 0 Å². The number of anilines is 1. The molecule has 7 rings (SSSR count). The average Bonchev–Trinajstić information content (AvgIpc) is 2.97. The molecule has 43 heavy (non-hydrogen) atoms. The van der Waals surface area contributed by atoms with E-state index in [1.807, 2.05) is 30.0 Å². The van der Waals surface area contributed by atoms with Gasteiger partial charge in [0.2, 0.25) is 0 Å². The molecule has 4 aliphatic rings. The summed E-state index contributed by atoms with van der Waals surface area (Å²) < 4.78 is 15.8. The number of nitrogens with zero attached hydrogens (tertiary/aromatic N) is 4. The van der Waals surface area contributed by atoms with E-state index in [1.54, 1.807) is 12.1 Å². The number of aliphatic hydroxyl groups is 2. The second kappa shape index (κ2) is 11.6. The SMILES string of the molecule is Cc1ccc(CCn2cnc3cc(N/C(=N/[C@H]4C[C@@H]5C[C@H]([C@@H]4C)C5(C)C)N4CC(O)N[C@@H](CO)C4)ccc3c2=O)c(F)c1. The number of aryl methyl sites for hydroxylation is 3. The van der Waals surface area contributed by atoms with Crippen molar-refractivity contribution in [1.29, 1.82) is 0 Å². The number of β-amino-alcohol motifs (C(OH)–C–C–N with tert-alkyl or cyclic N) is 1. The van der Waals surface area contributed by atoms with Gasteiger partial charge in [0.05, 0.1) is 36.4 Å². The summed E-state index contributed by atoms with van der Waals surface area (Å²) in [5.74, 6) is 2.11. The van der Waals surface area contributed by atoms with Crippen LogP contribution in [-0.4, -0.2) is 68.6 Å². The summed E-state index contributed by atoms with van der Waals surface area (Å²) in [6.07, 6.45) is 3.41. The summed E-state index contributed by atoms with van der Waals surface area (Å²) >= 11 is 0. The van der Waals surface area contributed by atoms with Crippen LogP contribution in [-0.2, 0) is 13.0 Å². The van der Waals surface area contributed by atoms with Crippen molar-refractivity contribution in [2.24, 2.45) is 28.2 Å². The molecule has 0 radical (unpaired) electrons. The van der Waals surface area contributed by atoms with E-state index in [9.17, 15) is 19.4 Å². The number of hydrogen-bond donors (Lipinski definition) is 4. The lowest BCUT2D eigenvalue weighted by Crippen LogP contribution is -2.61. The van der Waals surface area contributed by atoms with E-state index in [-0.39, 0.29) is 30.1 Å². The number of rotatable bonds is 6. The highest BCUT2D eigenvalue weighted by atomic mass is 19.1. The molecular weight excluding hydrogens is 547 g/mol. The largest absolute Gasteiger partial charge is 0.395 e. The molecule has 230 valence electrons. The van der Waals surface area contributed by atoms with Gasteiger partial charge in [0.1, 0.15) is 12.0 Å². The van der Waals surface area contributed by atoms with Gasteiger partial charge in [-0.2, -0.15) is 0 Å². The first-order valence-electron chi connectivity index (χ1n) is 15.4. The van der Waals surface area contributed by atoms with Crippen LogP contribution < -0.4 is 16.2 Å². The zero-order valence-electron chi connectivity index (χ0n) is 25.4. The standard InChI is InChI=1S/C33H43FN6O3/c1-19-5-6-21(27(34)11-19)9-10-39-18-35-29-14-23(7-8-25(29)31(39)43)37-32(40-15-24(17-41)36-30(42)16-40)38-28-13-22-12-26(20(28)2)33(22,3)4/h5-8,11,14,18,20,22,24,26,28,30,36,41-42H,9-10,12-13,15-17H2,1-4H3,(H,37,38)/t20-,22-,24+,26+,28-,30?/m0/s1. The van der Waals surface area contributed by atoms with Gasteiger partial charge in [-0.05, 0) is 84.7 Å². The molecule has 4 N–H and O–H groups in total. The molecule has 1 aromatic heterocycles. The monoisotopic (exact) mass is 590 g/mol. The van der Waals surface area contributed by atoms with Crippen molar-refractivity contribution in [2.45, 2.75) is 71.8 Å². The van der Waals surface area contributed by atoms with Crippen LogP contribution in [0.3, 0.4) is 0 Å². The minimum atomic E-state index is -0.792. The lowest BCUT2D eigenvalue weighted by Gasteiger charge is -2.61. The summed E-state index contributed by atoms with van der Waals surface area (Å²) in [5, 5.41) is 27.3. The molecule has 3 aliphatic carbocycles. The molecule has 4 fully saturated rings. The van der Waals surface area contributed by atoms with E-state index >= 15 is 0 Å². The van der Waals surface area contributed by atoms with E-state index in [1.165, 1.54) is 23.4 Å². The van der Waals surface area contributed by atoms with Gasteiger partial charge < -0.3 is 20.4 Å². The average molecular weight is 591 g/mol. The highest BCUT2D eigenvalue weighted by Gasteiger charge is 2.56. The Morgan fingerprint density at radius 3 is 2.74 bits per heavy atom. The first-order valence-corrected chi connectivity index (χ1v) is 15.4. The molecule has 3 saturated carbocycles. The van der Waals surface area contributed by atoms with Crippen LogP contribution in [0.25, 0.3) is 10.9 Å². The van der Waals surface area contributed by atoms with Gasteiger partial charge in [0.25, 0.3) is 5.56 Å². The number of guanidine groups is 1. The van der Waals surface area contributed by atoms with Crippen molar-refractivity contribution in [1.82, 2.24) is 19.8 Å². The highest BCUT2D eigenvalue weighted by Crippen LogP contribution is 2.61. The molecular formula is C33H43FN6O3. The third kappa shape index (κ3) is 5.80. The molecule has 6 atom stereocenters. The van der Waals surface area contributed by atoms with Gasteiger partial charge in [0.15, 0.2) is 5.96 Å². The Morgan fingerprint density at radius 2 is 2.02 bits per heavy atom. The molecule has 1 aliphatic heterocycles. The van der Waals surface area contributed by atoms with Crippen LogP contribution in [0.4, 0.5) is 10.1 Å². The number of aromatic nitrogens is 2. The summed E-state index contributed by atoms with van der Waals surface area (Å²) in [6, 6.07) is 10.5. The van der Waals surface area contributed by atoms with E-state index < -0.39 is 6.23 Å². The maximum Gasteiger partial charge on any atom is 0.261 e. The second-order valence-corrected chi connectivity index (χ2v) is 13.4. The third-order valence-corrected chi connectivity index (χ3v) is 10.3. The van der Waals surface area contributed by atoms with Crippen LogP contribution in [0.2, 0.25) is 0 Å². The third-order valence-electron chi connectivity index (χ3n) is 10.3. The fourth-order valence-corrected chi connectivity index (χ4v) is 7.47. The Hall–Kier alpha value is -3.34. The fourth-order valence-electron chi connectivity index (χ4n) is 7.47. The number of fused-ring (bicyclic) bond motifs is 3. The second-order valence-electron chi connectivity index (χ2n) is 13.4. The molecule has 1 unspecified atom stereocenters. The topological polar surface area (TPSA) is 115 Å². The van der Waals surface area contributed by atoms with Gasteiger partial charge >= 0.3 is 0 Å². The van der Waals surface area contributed by atoms with E-state index in [0.29, 0.717) is 71.6 Å². The zero-order valence-corrected chi connectivity index (χ0v) is 25.4. The molecule has 3 aromatic rings. The molecule has 0 amide bonds. The molecule has 2 bridgehead atoms. The minimum absolute atomic E-state index is 0.0955. The molecule has 2 heterocycles. The van der Waals surface area contributed by atoms with Gasteiger partial charge in [-0.25, -0.2) is 14.4 Å². The smallest absolute Gasteiger partial charge is 0.261 e. The number of nitrogens with one attached hydrogen (secondary N) is 2. The van der Waals surface area contributed by atoms with Crippen molar-refractivity contribution in [3.63, 3.8) is 0 Å². The van der Waals surface area contributed by atoms with Crippen LogP contribution >= 0.6 is 0 Å². The van der Waals surface area contributed by atoms with Gasteiger partial charge in [0, 0.05) is 24.8 Å². The Bertz CT molecular complexity index is 1590. The quantitative estimate of drug-likeness (QED) is 0.257. The molecule has 2 aromatic carbocycles. The van der Waals surface area contributed by atoms with Crippen LogP contribution in [0.5, 0.6) is 0 Å². The Balaban J connectivity index is 1.25. The Kier molecular flexibility index (Phi) is 8.04. The highest BCUT2D eigenvalue weighted by molar-refractivity contribution is 5.96. The van der Waals surface area contributed by atoms with Crippen molar-refractivity contribution in [3.8, 4) is 0 Å². The predicted octanol–water partition coefficient (Wildman–Crippen LogP) is 3.51. The van der Waals surface area contributed by atoms with Gasteiger partial charge in [-0.3, -0.25) is 14.7 Å². The Labute approximate surface area is 251 Å². The maximum atomic E-state index is 14.3. The minimum Gasteiger partial charge on any atom is -0.395 e. The number of hydrogen-bond acceptors (Lipinski definition) is 6. The van der Waals surface area contributed by atoms with Crippen LogP contribution in [0, 0.1) is 35.9 Å². The first-order chi connectivity index (χ1) is 20.5. The van der Waals surface area contributed by atoms with Crippen LogP contribution in [0.15, 0.2) is 52.5 Å². The van der Waals surface area contributed by atoms with E-state index in [4.69, 9.17) is 4.99 Å².